The highest BCUT2D eigenvalue weighted by molar-refractivity contribution is 5.86. The van der Waals surface area contributed by atoms with E-state index in [-0.39, 0.29) is 0 Å². The molecule has 0 heteroatoms. The zero-order valence-electron chi connectivity index (χ0n) is 14.9. The third-order valence-corrected chi connectivity index (χ3v) is 6.83. The SMILES string of the molecule is c1ccc2c(c1)C(c1cccc3ccccc13)CCC21CCCCC1. The number of rotatable bonds is 1. The van der Waals surface area contributed by atoms with Gasteiger partial charge in [0.25, 0.3) is 0 Å². The molecule has 0 radical (unpaired) electrons. The summed E-state index contributed by atoms with van der Waals surface area (Å²) in [5.41, 5.74) is 5.26. The van der Waals surface area contributed by atoms with Gasteiger partial charge in [-0.2, -0.15) is 0 Å². The van der Waals surface area contributed by atoms with E-state index in [1.54, 1.807) is 11.1 Å². The zero-order chi connectivity index (χ0) is 16.7. The van der Waals surface area contributed by atoms with Crippen molar-refractivity contribution in [1.29, 1.82) is 0 Å². The fourth-order valence-electron chi connectivity index (χ4n) is 5.62. The van der Waals surface area contributed by atoms with Gasteiger partial charge in [0.05, 0.1) is 0 Å². The predicted octanol–water partition coefficient (Wildman–Crippen LogP) is 6.97. The minimum absolute atomic E-state index is 0.468. The summed E-state index contributed by atoms with van der Waals surface area (Å²) in [5.74, 6) is 0.551. The molecule has 0 aromatic heterocycles. The topological polar surface area (TPSA) is 0 Å². The highest BCUT2D eigenvalue weighted by Gasteiger charge is 2.40. The Morgan fingerprint density at radius 3 is 2.28 bits per heavy atom. The number of hydrogen-bond donors (Lipinski definition) is 0. The molecule has 0 amide bonds. The van der Waals surface area contributed by atoms with Crippen LogP contribution in [0, 0.1) is 0 Å². The molecular weight excluding hydrogens is 300 g/mol. The van der Waals surface area contributed by atoms with Crippen molar-refractivity contribution in [2.45, 2.75) is 56.3 Å². The lowest BCUT2D eigenvalue weighted by atomic mass is 9.59. The molecule has 126 valence electrons. The molecule has 1 fully saturated rings. The van der Waals surface area contributed by atoms with E-state index in [4.69, 9.17) is 0 Å². The highest BCUT2D eigenvalue weighted by atomic mass is 14.4. The molecule has 1 atom stereocenters. The maximum atomic E-state index is 2.44. The van der Waals surface area contributed by atoms with Crippen LogP contribution in [-0.2, 0) is 5.41 Å². The fourth-order valence-corrected chi connectivity index (χ4v) is 5.62. The molecule has 1 spiro atoms. The van der Waals surface area contributed by atoms with E-state index < -0.39 is 0 Å². The van der Waals surface area contributed by atoms with E-state index in [0.717, 1.165) is 0 Å². The lowest BCUT2D eigenvalue weighted by Crippen LogP contribution is -2.34. The maximum Gasteiger partial charge on any atom is 0.00987 e. The highest BCUT2D eigenvalue weighted by Crippen LogP contribution is 2.52. The Morgan fingerprint density at radius 1 is 0.640 bits per heavy atom. The third kappa shape index (κ3) is 2.42. The molecule has 2 aliphatic rings. The first-order chi connectivity index (χ1) is 12.4. The van der Waals surface area contributed by atoms with Gasteiger partial charge in [0.1, 0.15) is 0 Å². The van der Waals surface area contributed by atoms with Crippen LogP contribution in [0.5, 0.6) is 0 Å². The van der Waals surface area contributed by atoms with Gasteiger partial charge < -0.3 is 0 Å². The molecule has 3 aromatic carbocycles. The molecule has 0 heterocycles. The summed E-state index contributed by atoms with van der Waals surface area (Å²) in [5, 5.41) is 2.81. The smallest absolute Gasteiger partial charge is 0.00987 e. The van der Waals surface area contributed by atoms with Crippen LogP contribution < -0.4 is 0 Å². The van der Waals surface area contributed by atoms with Crippen LogP contribution in [0.25, 0.3) is 10.8 Å². The monoisotopic (exact) mass is 326 g/mol. The van der Waals surface area contributed by atoms with E-state index >= 15 is 0 Å². The zero-order valence-corrected chi connectivity index (χ0v) is 14.9. The fraction of sp³-hybridized carbons (Fsp3) is 0.360. The van der Waals surface area contributed by atoms with Crippen molar-refractivity contribution in [1.82, 2.24) is 0 Å². The molecular formula is C25H26. The van der Waals surface area contributed by atoms with Gasteiger partial charge in [-0.15, -0.1) is 0 Å². The molecule has 0 nitrogen and oxygen atoms in total. The largest absolute Gasteiger partial charge is 0.0620 e. The second-order valence-corrected chi connectivity index (χ2v) is 8.09. The number of hydrogen-bond acceptors (Lipinski definition) is 0. The second-order valence-electron chi connectivity index (χ2n) is 8.09. The van der Waals surface area contributed by atoms with Gasteiger partial charge in [-0.25, -0.2) is 0 Å². The molecule has 0 aliphatic heterocycles. The summed E-state index contributed by atoms with van der Waals surface area (Å²) >= 11 is 0. The minimum Gasteiger partial charge on any atom is -0.0620 e. The molecule has 0 saturated heterocycles. The normalized spacial score (nSPS) is 22.0. The lowest BCUT2D eigenvalue weighted by Gasteiger charge is -2.45. The van der Waals surface area contributed by atoms with E-state index in [2.05, 4.69) is 66.7 Å². The van der Waals surface area contributed by atoms with Crippen LogP contribution in [0.3, 0.4) is 0 Å². The Morgan fingerprint density at radius 2 is 1.36 bits per heavy atom. The first-order valence-electron chi connectivity index (χ1n) is 9.94. The lowest BCUT2D eigenvalue weighted by molar-refractivity contribution is 0.249. The Kier molecular flexibility index (Phi) is 3.66. The van der Waals surface area contributed by atoms with Crippen molar-refractivity contribution >= 4 is 10.8 Å². The van der Waals surface area contributed by atoms with Crippen molar-refractivity contribution in [3.05, 3.63) is 83.4 Å². The Hall–Kier alpha value is -2.08. The van der Waals surface area contributed by atoms with Gasteiger partial charge >= 0.3 is 0 Å². The van der Waals surface area contributed by atoms with Gasteiger partial charge in [-0.3, -0.25) is 0 Å². The van der Waals surface area contributed by atoms with E-state index in [0.29, 0.717) is 11.3 Å². The Labute approximate surface area is 150 Å². The molecule has 5 rings (SSSR count). The Balaban J connectivity index is 1.66. The summed E-state index contributed by atoms with van der Waals surface area (Å²) in [7, 11) is 0. The van der Waals surface area contributed by atoms with Gasteiger partial charge in [-0.1, -0.05) is 86.0 Å². The summed E-state index contributed by atoms with van der Waals surface area (Å²) in [6.07, 6.45) is 9.69. The summed E-state index contributed by atoms with van der Waals surface area (Å²) in [6, 6.07) is 25.1. The molecule has 1 saturated carbocycles. The third-order valence-electron chi connectivity index (χ3n) is 6.83. The van der Waals surface area contributed by atoms with E-state index in [1.165, 1.54) is 61.3 Å². The summed E-state index contributed by atoms with van der Waals surface area (Å²) in [6.45, 7) is 0. The molecule has 3 aromatic rings. The molecule has 25 heavy (non-hydrogen) atoms. The first-order valence-corrected chi connectivity index (χ1v) is 9.94. The van der Waals surface area contributed by atoms with Gasteiger partial charge in [0.15, 0.2) is 0 Å². The summed E-state index contributed by atoms with van der Waals surface area (Å²) < 4.78 is 0. The maximum absolute atomic E-state index is 2.44. The number of fused-ring (bicyclic) bond motifs is 3. The van der Waals surface area contributed by atoms with Crippen LogP contribution in [0.15, 0.2) is 66.7 Å². The van der Waals surface area contributed by atoms with Crippen LogP contribution in [0.1, 0.15) is 67.6 Å². The van der Waals surface area contributed by atoms with Crippen molar-refractivity contribution in [3.63, 3.8) is 0 Å². The standard InChI is InChI=1S/C25H26/c1-6-16-25(17-7-1)18-15-22(23-12-4-5-14-24(23)25)21-13-8-10-19-9-2-3-11-20(19)21/h2-5,8-14,22H,1,6-7,15-18H2. The number of benzene rings is 3. The minimum atomic E-state index is 0.468. The average Bonchev–Trinajstić information content (AvgIpc) is 2.69. The van der Waals surface area contributed by atoms with Crippen LogP contribution in [0.4, 0.5) is 0 Å². The summed E-state index contributed by atoms with van der Waals surface area (Å²) in [4.78, 5) is 0. The van der Waals surface area contributed by atoms with Crippen LogP contribution in [-0.4, -0.2) is 0 Å². The predicted molar refractivity (Wildman–Crippen MR) is 106 cm³/mol. The van der Waals surface area contributed by atoms with Crippen molar-refractivity contribution < 1.29 is 0 Å². The quantitative estimate of drug-likeness (QED) is 0.453. The first kappa shape index (κ1) is 15.2. The van der Waals surface area contributed by atoms with Gasteiger partial charge in [0.2, 0.25) is 0 Å². The van der Waals surface area contributed by atoms with Gasteiger partial charge in [-0.05, 0) is 58.6 Å². The van der Waals surface area contributed by atoms with Crippen LogP contribution in [0.2, 0.25) is 0 Å². The van der Waals surface area contributed by atoms with Crippen LogP contribution >= 0.6 is 0 Å². The van der Waals surface area contributed by atoms with Gasteiger partial charge in [0, 0.05) is 5.92 Å². The van der Waals surface area contributed by atoms with E-state index in [9.17, 15) is 0 Å². The molecule has 0 bridgehead atoms. The molecule has 2 aliphatic carbocycles. The second kappa shape index (κ2) is 6.02. The Bertz CT molecular complexity index is 893. The van der Waals surface area contributed by atoms with Crippen molar-refractivity contribution in [2.75, 3.05) is 0 Å². The van der Waals surface area contributed by atoms with Crippen molar-refractivity contribution in [3.8, 4) is 0 Å². The average molecular weight is 326 g/mol. The molecule has 1 unspecified atom stereocenters. The van der Waals surface area contributed by atoms with Crippen molar-refractivity contribution in [2.24, 2.45) is 0 Å². The molecule has 0 N–H and O–H groups in total. The van der Waals surface area contributed by atoms with E-state index in [1.807, 2.05) is 0 Å².